The molecular formula is C21H21BrN4O3S. The fraction of sp³-hybridized carbons (Fsp3) is 0.190. The Labute approximate surface area is 187 Å². The predicted octanol–water partition coefficient (Wildman–Crippen LogP) is 4.55. The monoisotopic (exact) mass is 488 g/mol. The first-order chi connectivity index (χ1) is 14.6. The molecule has 3 aromatic rings. The van der Waals surface area contributed by atoms with Crippen LogP contribution in [0.4, 0.5) is 5.69 Å². The third-order valence-electron chi connectivity index (χ3n) is 3.97. The number of hydrogen-bond acceptors (Lipinski definition) is 6. The number of nitrogens with one attached hydrogen (secondary N) is 1. The summed E-state index contributed by atoms with van der Waals surface area (Å²) in [6.45, 7) is 4.51. The van der Waals surface area contributed by atoms with E-state index in [1.54, 1.807) is 13.2 Å². The Bertz CT molecular complexity index is 1020. The first-order valence-corrected chi connectivity index (χ1v) is 10.9. The Kier molecular flexibility index (Phi) is 7.92. The molecule has 30 heavy (non-hydrogen) atoms. The van der Waals surface area contributed by atoms with Crippen LogP contribution in [-0.4, -0.2) is 33.5 Å². The van der Waals surface area contributed by atoms with Crippen molar-refractivity contribution in [2.75, 3.05) is 18.2 Å². The van der Waals surface area contributed by atoms with E-state index >= 15 is 0 Å². The van der Waals surface area contributed by atoms with Crippen molar-refractivity contribution in [1.29, 1.82) is 0 Å². The van der Waals surface area contributed by atoms with Crippen molar-refractivity contribution >= 4 is 39.3 Å². The number of carbonyl (C=O) groups excluding carboxylic acids is 1. The highest BCUT2D eigenvalue weighted by Crippen LogP contribution is 2.27. The molecule has 7 nitrogen and oxygen atoms in total. The van der Waals surface area contributed by atoms with Crippen LogP contribution in [0.5, 0.6) is 11.5 Å². The second-order valence-corrected chi connectivity index (χ2v) is 7.94. The van der Waals surface area contributed by atoms with Gasteiger partial charge in [-0.15, -0.1) is 16.8 Å². The summed E-state index contributed by atoms with van der Waals surface area (Å²) in [5.74, 6) is 1.98. The number of rotatable bonds is 10. The number of hydrogen-bond donors (Lipinski definition) is 1. The van der Waals surface area contributed by atoms with Gasteiger partial charge in [-0.3, -0.25) is 9.36 Å². The quantitative estimate of drug-likeness (QED) is 0.333. The fourth-order valence-electron chi connectivity index (χ4n) is 2.62. The lowest BCUT2D eigenvalue weighted by Crippen LogP contribution is -2.15. The summed E-state index contributed by atoms with van der Waals surface area (Å²) in [6.07, 6.45) is 1.75. The van der Waals surface area contributed by atoms with Gasteiger partial charge in [0.1, 0.15) is 6.61 Å². The molecule has 0 aliphatic heterocycles. The Morgan fingerprint density at radius 1 is 1.23 bits per heavy atom. The van der Waals surface area contributed by atoms with Crippen molar-refractivity contribution in [3.63, 3.8) is 0 Å². The van der Waals surface area contributed by atoms with E-state index in [2.05, 4.69) is 38.0 Å². The first kappa shape index (κ1) is 21.9. The SMILES string of the molecule is C=CCn1c(COc2ccccc2OC)nnc1SCC(=O)Nc1cccc(Br)c1. The number of carbonyl (C=O) groups is 1. The topological polar surface area (TPSA) is 78.3 Å². The number of ether oxygens (including phenoxy) is 2. The van der Waals surface area contributed by atoms with Gasteiger partial charge in [-0.25, -0.2) is 0 Å². The molecule has 2 aromatic carbocycles. The molecule has 0 fully saturated rings. The van der Waals surface area contributed by atoms with Crippen LogP contribution in [0.1, 0.15) is 5.82 Å². The van der Waals surface area contributed by atoms with Crippen LogP contribution in [0.15, 0.2) is 70.8 Å². The lowest BCUT2D eigenvalue weighted by atomic mass is 10.3. The first-order valence-electron chi connectivity index (χ1n) is 9.07. The molecule has 1 aromatic heterocycles. The zero-order valence-corrected chi connectivity index (χ0v) is 18.8. The van der Waals surface area contributed by atoms with Crippen LogP contribution in [0.25, 0.3) is 0 Å². The minimum absolute atomic E-state index is 0.127. The molecule has 0 unspecified atom stereocenters. The molecule has 1 N–H and O–H groups in total. The lowest BCUT2D eigenvalue weighted by Gasteiger charge is -2.11. The van der Waals surface area contributed by atoms with Crippen LogP contribution in [0.2, 0.25) is 0 Å². The molecule has 0 spiro atoms. The number of anilines is 1. The maximum atomic E-state index is 12.3. The summed E-state index contributed by atoms with van der Waals surface area (Å²) in [5, 5.41) is 11.9. The van der Waals surface area contributed by atoms with Crippen molar-refractivity contribution in [3.05, 3.63) is 71.5 Å². The zero-order chi connectivity index (χ0) is 21.3. The molecular weight excluding hydrogens is 468 g/mol. The molecule has 0 saturated heterocycles. The van der Waals surface area contributed by atoms with Crippen molar-refractivity contribution in [2.45, 2.75) is 18.3 Å². The summed E-state index contributed by atoms with van der Waals surface area (Å²) in [4.78, 5) is 12.3. The number of thioether (sulfide) groups is 1. The lowest BCUT2D eigenvalue weighted by molar-refractivity contribution is -0.113. The Morgan fingerprint density at radius 3 is 2.77 bits per heavy atom. The molecule has 0 radical (unpaired) electrons. The van der Waals surface area contributed by atoms with Gasteiger partial charge in [0.2, 0.25) is 5.91 Å². The third kappa shape index (κ3) is 5.87. The highest BCUT2D eigenvalue weighted by molar-refractivity contribution is 9.10. The fourth-order valence-corrected chi connectivity index (χ4v) is 3.78. The van der Waals surface area contributed by atoms with Gasteiger partial charge in [0, 0.05) is 16.7 Å². The highest BCUT2D eigenvalue weighted by Gasteiger charge is 2.15. The summed E-state index contributed by atoms with van der Waals surface area (Å²) in [6, 6.07) is 14.8. The minimum Gasteiger partial charge on any atom is -0.493 e. The maximum absolute atomic E-state index is 12.3. The van der Waals surface area contributed by atoms with Gasteiger partial charge < -0.3 is 14.8 Å². The van der Waals surface area contributed by atoms with Gasteiger partial charge in [-0.05, 0) is 30.3 Å². The number of nitrogens with zero attached hydrogens (tertiary/aromatic N) is 3. The van der Waals surface area contributed by atoms with E-state index in [0.717, 1.165) is 10.2 Å². The molecule has 1 amide bonds. The van der Waals surface area contributed by atoms with E-state index in [9.17, 15) is 4.79 Å². The number of methoxy groups -OCH3 is 1. The van der Waals surface area contributed by atoms with E-state index in [1.807, 2.05) is 53.1 Å². The van der Waals surface area contributed by atoms with E-state index in [0.29, 0.717) is 29.0 Å². The van der Waals surface area contributed by atoms with Crippen molar-refractivity contribution in [2.24, 2.45) is 0 Å². The number of amides is 1. The maximum Gasteiger partial charge on any atom is 0.234 e. The number of aromatic nitrogens is 3. The van der Waals surface area contributed by atoms with Gasteiger partial charge in [0.15, 0.2) is 22.5 Å². The summed E-state index contributed by atoms with van der Waals surface area (Å²) in [7, 11) is 1.59. The average molecular weight is 489 g/mol. The van der Waals surface area contributed by atoms with Gasteiger partial charge in [-0.2, -0.15) is 0 Å². The molecule has 0 atom stereocenters. The summed E-state index contributed by atoms with van der Waals surface area (Å²) < 4.78 is 13.9. The Hall–Kier alpha value is -2.78. The van der Waals surface area contributed by atoms with Gasteiger partial charge >= 0.3 is 0 Å². The molecule has 1 heterocycles. The normalized spacial score (nSPS) is 10.5. The molecule has 0 saturated carbocycles. The van der Waals surface area contributed by atoms with Gasteiger partial charge in [0.25, 0.3) is 0 Å². The smallest absolute Gasteiger partial charge is 0.234 e. The van der Waals surface area contributed by atoms with Crippen LogP contribution in [0, 0.1) is 0 Å². The molecule has 3 rings (SSSR count). The van der Waals surface area contributed by atoms with Crippen molar-refractivity contribution < 1.29 is 14.3 Å². The molecule has 0 bridgehead atoms. The number of benzene rings is 2. The van der Waals surface area contributed by atoms with E-state index in [1.165, 1.54) is 11.8 Å². The van der Waals surface area contributed by atoms with Crippen LogP contribution >= 0.6 is 27.7 Å². The van der Waals surface area contributed by atoms with Crippen molar-refractivity contribution in [3.8, 4) is 11.5 Å². The Balaban J connectivity index is 1.63. The number of allylic oxidation sites excluding steroid dienone is 1. The van der Waals surface area contributed by atoms with E-state index in [-0.39, 0.29) is 18.3 Å². The van der Waals surface area contributed by atoms with Gasteiger partial charge in [0.05, 0.1) is 12.9 Å². The van der Waals surface area contributed by atoms with Gasteiger partial charge in [-0.1, -0.05) is 52.0 Å². The van der Waals surface area contributed by atoms with Crippen LogP contribution in [-0.2, 0) is 17.9 Å². The third-order valence-corrected chi connectivity index (χ3v) is 5.43. The largest absolute Gasteiger partial charge is 0.493 e. The average Bonchev–Trinajstić information content (AvgIpc) is 3.13. The van der Waals surface area contributed by atoms with E-state index in [4.69, 9.17) is 9.47 Å². The predicted molar refractivity (Wildman–Crippen MR) is 121 cm³/mol. The number of para-hydroxylation sites is 2. The molecule has 156 valence electrons. The van der Waals surface area contributed by atoms with Crippen molar-refractivity contribution in [1.82, 2.24) is 14.8 Å². The van der Waals surface area contributed by atoms with Crippen LogP contribution < -0.4 is 14.8 Å². The molecule has 9 heteroatoms. The zero-order valence-electron chi connectivity index (χ0n) is 16.4. The molecule has 0 aliphatic rings. The summed E-state index contributed by atoms with van der Waals surface area (Å²) >= 11 is 4.70. The summed E-state index contributed by atoms with van der Waals surface area (Å²) in [5.41, 5.74) is 0.730. The second-order valence-electron chi connectivity index (χ2n) is 6.08. The minimum atomic E-state index is -0.127. The van der Waals surface area contributed by atoms with E-state index < -0.39 is 0 Å². The highest BCUT2D eigenvalue weighted by atomic mass is 79.9. The second kappa shape index (κ2) is 10.8. The molecule has 0 aliphatic carbocycles. The standard InChI is InChI=1S/C21H21BrN4O3S/c1-3-11-26-19(13-29-18-10-5-4-9-17(18)28-2)24-25-21(26)30-14-20(27)23-16-8-6-7-15(22)12-16/h3-10,12H,1,11,13-14H2,2H3,(H,23,27). The number of halogens is 1. The van der Waals surface area contributed by atoms with Crippen LogP contribution in [0.3, 0.4) is 0 Å². The Morgan fingerprint density at radius 2 is 2.03 bits per heavy atom.